The highest BCUT2D eigenvalue weighted by atomic mass is 32.2. The number of rotatable bonds is 7. The summed E-state index contributed by atoms with van der Waals surface area (Å²) >= 11 is 0. The number of anilines is 1. The van der Waals surface area contributed by atoms with E-state index in [9.17, 15) is 21.6 Å². The van der Waals surface area contributed by atoms with Gasteiger partial charge in [0.05, 0.1) is 20.8 Å². The highest BCUT2D eigenvalue weighted by molar-refractivity contribution is 7.92. The molecule has 0 spiro atoms. The smallest absolute Gasteiger partial charge is 0.255 e. The van der Waals surface area contributed by atoms with Crippen molar-refractivity contribution in [1.82, 2.24) is 0 Å². The number of sulfone groups is 2. The van der Waals surface area contributed by atoms with Crippen LogP contribution >= 0.6 is 0 Å². The zero-order valence-corrected chi connectivity index (χ0v) is 19.6. The van der Waals surface area contributed by atoms with Crippen molar-refractivity contribution in [2.45, 2.75) is 46.5 Å². The predicted octanol–water partition coefficient (Wildman–Crippen LogP) is 4.63. The predicted molar refractivity (Wildman–Crippen MR) is 128 cm³/mol. The molecule has 0 aliphatic heterocycles. The lowest BCUT2D eigenvalue weighted by Crippen LogP contribution is -2.18. The van der Waals surface area contributed by atoms with Gasteiger partial charge in [0.25, 0.3) is 5.91 Å². The molecule has 3 aromatic carbocycles. The van der Waals surface area contributed by atoms with Crippen molar-refractivity contribution in [3.8, 4) is 0 Å². The standard InChI is InChI=1S/C25H25NO5S2/c27-25(26-21-13-15-24(16-14-21)33(30,31)23-11-4-5-12-23)20-8-6-7-19(17-20)18-32(28,29)22-9-2-1-3-10-22/h1-3,6-10,13-17,23H,4-5,11-12,18H2,(H,26,27). The van der Waals surface area contributed by atoms with Crippen LogP contribution in [0.2, 0.25) is 0 Å². The molecule has 33 heavy (non-hydrogen) atoms. The number of carbonyl (C=O) groups is 1. The molecule has 0 saturated heterocycles. The molecule has 0 aromatic heterocycles. The van der Waals surface area contributed by atoms with Crippen molar-refractivity contribution >= 4 is 31.3 Å². The van der Waals surface area contributed by atoms with Crippen LogP contribution in [-0.4, -0.2) is 28.0 Å². The minimum absolute atomic E-state index is 0.216. The Kier molecular flexibility index (Phi) is 6.67. The molecule has 0 heterocycles. The summed E-state index contributed by atoms with van der Waals surface area (Å²) in [4.78, 5) is 13.2. The van der Waals surface area contributed by atoms with Crippen molar-refractivity contribution in [3.05, 3.63) is 90.0 Å². The third-order valence-electron chi connectivity index (χ3n) is 5.83. The van der Waals surface area contributed by atoms with E-state index in [4.69, 9.17) is 0 Å². The lowest BCUT2D eigenvalue weighted by molar-refractivity contribution is 0.102. The molecule has 0 radical (unpaired) electrons. The fourth-order valence-electron chi connectivity index (χ4n) is 4.06. The maximum atomic E-state index is 12.7. The van der Waals surface area contributed by atoms with Crippen molar-refractivity contribution in [2.75, 3.05) is 5.32 Å². The first-order valence-electron chi connectivity index (χ1n) is 10.8. The molecule has 8 heteroatoms. The van der Waals surface area contributed by atoms with E-state index < -0.39 is 25.6 Å². The van der Waals surface area contributed by atoms with Gasteiger partial charge in [0.2, 0.25) is 0 Å². The summed E-state index contributed by atoms with van der Waals surface area (Å²) in [6.45, 7) is 0. The molecular weight excluding hydrogens is 458 g/mol. The van der Waals surface area contributed by atoms with Gasteiger partial charge in [-0.15, -0.1) is 0 Å². The van der Waals surface area contributed by atoms with Gasteiger partial charge in [0.15, 0.2) is 19.7 Å². The van der Waals surface area contributed by atoms with Gasteiger partial charge in [-0.1, -0.05) is 43.2 Å². The van der Waals surface area contributed by atoms with Crippen LogP contribution in [0.15, 0.2) is 88.7 Å². The third kappa shape index (κ3) is 5.34. The van der Waals surface area contributed by atoms with Gasteiger partial charge in [-0.25, -0.2) is 16.8 Å². The maximum Gasteiger partial charge on any atom is 0.255 e. The van der Waals surface area contributed by atoms with E-state index in [0.29, 0.717) is 29.7 Å². The molecular formula is C25H25NO5S2. The van der Waals surface area contributed by atoms with E-state index >= 15 is 0 Å². The Hall–Kier alpha value is -2.97. The molecule has 0 atom stereocenters. The molecule has 1 saturated carbocycles. The van der Waals surface area contributed by atoms with Crippen LogP contribution in [0.5, 0.6) is 0 Å². The summed E-state index contributed by atoms with van der Waals surface area (Å²) in [5.74, 6) is -0.619. The lowest BCUT2D eigenvalue weighted by Gasteiger charge is -2.12. The second-order valence-corrected chi connectivity index (χ2v) is 12.4. The Morgan fingerprint density at radius 3 is 2.12 bits per heavy atom. The number of carbonyl (C=O) groups excluding carboxylic acids is 1. The molecule has 3 aromatic rings. The summed E-state index contributed by atoms with van der Waals surface area (Å²) in [5.41, 5.74) is 1.29. The summed E-state index contributed by atoms with van der Waals surface area (Å²) in [5, 5.41) is 2.42. The number of amides is 1. The van der Waals surface area contributed by atoms with E-state index in [1.54, 1.807) is 66.7 Å². The van der Waals surface area contributed by atoms with Crippen molar-refractivity contribution in [1.29, 1.82) is 0 Å². The molecule has 4 rings (SSSR count). The van der Waals surface area contributed by atoms with Crippen LogP contribution in [0.1, 0.15) is 41.6 Å². The molecule has 1 amide bonds. The van der Waals surface area contributed by atoms with Crippen LogP contribution in [0.25, 0.3) is 0 Å². The molecule has 1 N–H and O–H groups in total. The second kappa shape index (κ2) is 9.49. The summed E-state index contributed by atoms with van der Waals surface area (Å²) < 4.78 is 50.7. The van der Waals surface area contributed by atoms with Gasteiger partial charge in [-0.3, -0.25) is 4.79 Å². The molecule has 1 aliphatic carbocycles. The molecule has 1 fully saturated rings. The molecule has 172 valence electrons. The van der Waals surface area contributed by atoms with E-state index in [1.807, 2.05) is 0 Å². The molecule has 0 bridgehead atoms. The summed E-state index contributed by atoms with van der Waals surface area (Å²) in [7, 11) is -6.88. The van der Waals surface area contributed by atoms with Gasteiger partial charge >= 0.3 is 0 Å². The third-order valence-corrected chi connectivity index (χ3v) is 9.81. The number of benzene rings is 3. The average Bonchev–Trinajstić information content (AvgIpc) is 3.36. The largest absolute Gasteiger partial charge is 0.322 e. The average molecular weight is 484 g/mol. The minimum Gasteiger partial charge on any atom is -0.322 e. The van der Waals surface area contributed by atoms with Gasteiger partial charge < -0.3 is 5.32 Å². The van der Waals surface area contributed by atoms with Crippen molar-refractivity contribution < 1.29 is 21.6 Å². The van der Waals surface area contributed by atoms with E-state index in [-0.39, 0.29) is 20.8 Å². The van der Waals surface area contributed by atoms with Crippen LogP contribution < -0.4 is 5.32 Å². The first-order chi connectivity index (χ1) is 15.8. The van der Waals surface area contributed by atoms with Crippen LogP contribution in [-0.2, 0) is 25.4 Å². The summed E-state index contributed by atoms with van der Waals surface area (Å²) in [6.07, 6.45) is 3.25. The minimum atomic E-state index is -3.53. The van der Waals surface area contributed by atoms with Crippen molar-refractivity contribution in [3.63, 3.8) is 0 Å². The van der Waals surface area contributed by atoms with E-state index in [0.717, 1.165) is 12.8 Å². The Morgan fingerprint density at radius 1 is 0.788 bits per heavy atom. The van der Waals surface area contributed by atoms with Crippen LogP contribution in [0, 0.1) is 0 Å². The first kappa shape index (κ1) is 23.2. The number of nitrogens with one attached hydrogen (secondary N) is 1. The van der Waals surface area contributed by atoms with E-state index in [1.165, 1.54) is 12.1 Å². The number of hydrogen-bond donors (Lipinski definition) is 1. The zero-order valence-electron chi connectivity index (χ0n) is 18.0. The van der Waals surface area contributed by atoms with Gasteiger partial charge in [0.1, 0.15) is 0 Å². The Morgan fingerprint density at radius 2 is 1.45 bits per heavy atom. The van der Waals surface area contributed by atoms with Gasteiger partial charge in [0, 0.05) is 11.3 Å². The number of hydrogen-bond acceptors (Lipinski definition) is 5. The Balaban J connectivity index is 1.46. The monoisotopic (exact) mass is 483 g/mol. The SMILES string of the molecule is O=C(Nc1ccc(S(=O)(=O)C2CCCC2)cc1)c1cccc(CS(=O)(=O)c2ccccc2)c1. The quantitative estimate of drug-likeness (QED) is 0.528. The maximum absolute atomic E-state index is 12.7. The zero-order chi connectivity index (χ0) is 23.5. The highest BCUT2D eigenvalue weighted by Crippen LogP contribution is 2.30. The first-order valence-corrected chi connectivity index (χ1v) is 14.0. The highest BCUT2D eigenvalue weighted by Gasteiger charge is 2.30. The molecule has 0 unspecified atom stereocenters. The van der Waals surface area contributed by atoms with Gasteiger partial charge in [-0.2, -0.15) is 0 Å². The molecule has 1 aliphatic rings. The molecule has 6 nitrogen and oxygen atoms in total. The van der Waals surface area contributed by atoms with Crippen LogP contribution in [0.4, 0.5) is 5.69 Å². The normalized spacial score (nSPS) is 14.8. The Bertz CT molecular complexity index is 1340. The van der Waals surface area contributed by atoms with Crippen LogP contribution in [0.3, 0.4) is 0 Å². The fourth-order valence-corrected chi connectivity index (χ4v) is 7.27. The van der Waals surface area contributed by atoms with Gasteiger partial charge in [-0.05, 0) is 66.9 Å². The second-order valence-electron chi connectivity index (χ2n) is 8.20. The lowest BCUT2D eigenvalue weighted by atomic mass is 10.1. The topological polar surface area (TPSA) is 97.4 Å². The fraction of sp³-hybridized carbons (Fsp3) is 0.240. The van der Waals surface area contributed by atoms with E-state index in [2.05, 4.69) is 5.32 Å². The van der Waals surface area contributed by atoms with Crippen molar-refractivity contribution in [2.24, 2.45) is 0 Å². The Labute approximate surface area is 194 Å². The summed E-state index contributed by atoms with van der Waals surface area (Å²) in [6, 6.07) is 20.8.